The van der Waals surface area contributed by atoms with Gasteiger partial charge >= 0.3 is 0 Å². The Kier molecular flexibility index (Phi) is 5.46. The highest BCUT2D eigenvalue weighted by Crippen LogP contribution is 2.30. The summed E-state index contributed by atoms with van der Waals surface area (Å²) in [6, 6.07) is 1.95. The first-order valence-electron chi connectivity index (χ1n) is 7.83. The standard InChI is InChI=1S/C15H30N2O/c1-4-13(11-16-12(2)3)17-9-10-18-15-8-6-5-7-14(15)17/h12-16H,4-11H2,1-3H3. The van der Waals surface area contributed by atoms with Crippen molar-refractivity contribution in [2.24, 2.45) is 0 Å². The van der Waals surface area contributed by atoms with Crippen molar-refractivity contribution in [1.29, 1.82) is 0 Å². The first-order valence-corrected chi connectivity index (χ1v) is 7.83. The Morgan fingerprint density at radius 1 is 1.28 bits per heavy atom. The van der Waals surface area contributed by atoms with Crippen LogP contribution in [-0.2, 0) is 4.74 Å². The van der Waals surface area contributed by atoms with E-state index in [0.29, 0.717) is 24.2 Å². The number of nitrogens with zero attached hydrogens (tertiary/aromatic N) is 1. The zero-order chi connectivity index (χ0) is 13.0. The summed E-state index contributed by atoms with van der Waals surface area (Å²) < 4.78 is 5.97. The molecule has 2 aliphatic rings. The summed E-state index contributed by atoms with van der Waals surface area (Å²) in [6.45, 7) is 9.96. The predicted molar refractivity (Wildman–Crippen MR) is 75.9 cm³/mol. The molecule has 3 unspecified atom stereocenters. The minimum atomic E-state index is 0.514. The Morgan fingerprint density at radius 3 is 2.78 bits per heavy atom. The van der Waals surface area contributed by atoms with Gasteiger partial charge in [-0.3, -0.25) is 4.90 Å². The summed E-state index contributed by atoms with van der Waals surface area (Å²) in [6.07, 6.45) is 7.10. The molecule has 0 aromatic heterocycles. The molecular weight excluding hydrogens is 224 g/mol. The number of nitrogens with one attached hydrogen (secondary N) is 1. The number of fused-ring (bicyclic) bond motifs is 1. The van der Waals surface area contributed by atoms with Crippen LogP contribution in [-0.4, -0.2) is 48.8 Å². The largest absolute Gasteiger partial charge is 0.375 e. The lowest BCUT2D eigenvalue weighted by Crippen LogP contribution is -2.58. The molecule has 0 spiro atoms. The van der Waals surface area contributed by atoms with E-state index in [9.17, 15) is 0 Å². The molecule has 0 amide bonds. The van der Waals surface area contributed by atoms with Crippen molar-refractivity contribution in [1.82, 2.24) is 10.2 Å². The lowest BCUT2D eigenvalue weighted by molar-refractivity contribution is -0.102. The van der Waals surface area contributed by atoms with Crippen LogP contribution >= 0.6 is 0 Å². The highest BCUT2D eigenvalue weighted by atomic mass is 16.5. The van der Waals surface area contributed by atoms with E-state index in [-0.39, 0.29) is 0 Å². The molecule has 18 heavy (non-hydrogen) atoms. The number of ether oxygens (including phenoxy) is 1. The molecule has 3 nitrogen and oxygen atoms in total. The van der Waals surface area contributed by atoms with Gasteiger partial charge in [0.1, 0.15) is 0 Å². The number of hydrogen-bond acceptors (Lipinski definition) is 3. The molecule has 0 aromatic rings. The third-order valence-corrected chi connectivity index (χ3v) is 4.48. The highest BCUT2D eigenvalue weighted by molar-refractivity contribution is 4.91. The summed E-state index contributed by atoms with van der Waals surface area (Å²) in [5, 5.41) is 3.61. The maximum absolute atomic E-state index is 5.97. The maximum Gasteiger partial charge on any atom is 0.0731 e. The first kappa shape index (κ1) is 14.3. The van der Waals surface area contributed by atoms with Crippen molar-refractivity contribution in [2.75, 3.05) is 19.7 Å². The van der Waals surface area contributed by atoms with E-state index in [4.69, 9.17) is 4.74 Å². The lowest BCUT2D eigenvalue weighted by Gasteiger charge is -2.47. The minimum Gasteiger partial charge on any atom is -0.375 e. The van der Waals surface area contributed by atoms with Crippen LogP contribution < -0.4 is 5.32 Å². The Balaban J connectivity index is 1.94. The Hall–Kier alpha value is -0.120. The summed E-state index contributed by atoms with van der Waals surface area (Å²) in [5.41, 5.74) is 0. The van der Waals surface area contributed by atoms with Gasteiger partial charge in [0.05, 0.1) is 12.7 Å². The van der Waals surface area contributed by atoms with Crippen LogP contribution in [0.2, 0.25) is 0 Å². The fourth-order valence-corrected chi connectivity index (χ4v) is 3.45. The third-order valence-electron chi connectivity index (χ3n) is 4.48. The van der Waals surface area contributed by atoms with Crippen molar-refractivity contribution in [3.05, 3.63) is 0 Å². The smallest absolute Gasteiger partial charge is 0.0731 e. The molecule has 1 saturated heterocycles. The van der Waals surface area contributed by atoms with Crippen LogP contribution in [0.3, 0.4) is 0 Å². The van der Waals surface area contributed by atoms with Gasteiger partial charge < -0.3 is 10.1 Å². The highest BCUT2D eigenvalue weighted by Gasteiger charge is 2.36. The molecule has 3 heteroatoms. The molecule has 2 fully saturated rings. The fourth-order valence-electron chi connectivity index (χ4n) is 3.45. The zero-order valence-corrected chi connectivity index (χ0v) is 12.3. The second-order valence-electron chi connectivity index (χ2n) is 6.12. The predicted octanol–water partition coefficient (Wildman–Crippen LogP) is 2.41. The Labute approximate surface area is 112 Å². The molecule has 1 N–H and O–H groups in total. The van der Waals surface area contributed by atoms with E-state index < -0.39 is 0 Å². The van der Waals surface area contributed by atoms with E-state index >= 15 is 0 Å². The molecule has 1 aliphatic carbocycles. The van der Waals surface area contributed by atoms with Crippen LogP contribution in [0, 0.1) is 0 Å². The van der Waals surface area contributed by atoms with Gasteiger partial charge in [0, 0.05) is 31.2 Å². The fraction of sp³-hybridized carbons (Fsp3) is 1.00. The summed E-state index contributed by atoms with van der Waals surface area (Å²) in [5.74, 6) is 0. The lowest BCUT2D eigenvalue weighted by atomic mass is 9.89. The van der Waals surface area contributed by atoms with Crippen LogP contribution in [0.4, 0.5) is 0 Å². The van der Waals surface area contributed by atoms with Gasteiger partial charge in [-0.15, -0.1) is 0 Å². The van der Waals surface area contributed by atoms with Crippen molar-refractivity contribution >= 4 is 0 Å². The molecule has 0 bridgehead atoms. The van der Waals surface area contributed by atoms with E-state index in [1.807, 2.05) is 0 Å². The monoisotopic (exact) mass is 254 g/mol. The van der Waals surface area contributed by atoms with Gasteiger partial charge in [0.15, 0.2) is 0 Å². The van der Waals surface area contributed by atoms with Crippen molar-refractivity contribution < 1.29 is 4.74 Å². The van der Waals surface area contributed by atoms with Crippen molar-refractivity contribution in [2.45, 2.75) is 77.1 Å². The second kappa shape index (κ2) is 6.88. The summed E-state index contributed by atoms with van der Waals surface area (Å²) in [4.78, 5) is 2.74. The molecule has 2 rings (SSSR count). The van der Waals surface area contributed by atoms with Crippen LogP contribution in [0.25, 0.3) is 0 Å². The second-order valence-corrected chi connectivity index (χ2v) is 6.12. The molecular formula is C15H30N2O. The number of rotatable bonds is 5. The van der Waals surface area contributed by atoms with Crippen molar-refractivity contribution in [3.63, 3.8) is 0 Å². The Bertz CT molecular complexity index is 243. The van der Waals surface area contributed by atoms with Gasteiger partial charge in [0.25, 0.3) is 0 Å². The average Bonchev–Trinajstić information content (AvgIpc) is 2.39. The number of hydrogen-bond donors (Lipinski definition) is 1. The van der Waals surface area contributed by atoms with E-state index in [1.165, 1.54) is 32.1 Å². The van der Waals surface area contributed by atoms with Crippen LogP contribution in [0.15, 0.2) is 0 Å². The third kappa shape index (κ3) is 3.46. The van der Waals surface area contributed by atoms with Gasteiger partial charge in [-0.25, -0.2) is 0 Å². The van der Waals surface area contributed by atoms with Gasteiger partial charge in [-0.1, -0.05) is 33.6 Å². The Morgan fingerprint density at radius 2 is 2.06 bits per heavy atom. The van der Waals surface area contributed by atoms with Crippen LogP contribution in [0.5, 0.6) is 0 Å². The van der Waals surface area contributed by atoms with E-state index in [0.717, 1.165) is 19.7 Å². The van der Waals surface area contributed by atoms with Crippen LogP contribution in [0.1, 0.15) is 52.9 Å². The van der Waals surface area contributed by atoms with E-state index in [2.05, 4.69) is 31.0 Å². The van der Waals surface area contributed by atoms with Crippen molar-refractivity contribution in [3.8, 4) is 0 Å². The molecule has 1 saturated carbocycles. The first-order chi connectivity index (χ1) is 8.72. The summed E-state index contributed by atoms with van der Waals surface area (Å²) in [7, 11) is 0. The molecule has 3 atom stereocenters. The quantitative estimate of drug-likeness (QED) is 0.815. The number of morpholine rings is 1. The zero-order valence-electron chi connectivity index (χ0n) is 12.3. The molecule has 106 valence electrons. The molecule has 0 aromatic carbocycles. The van der Waals surface area contributed by atoms with Gasteiger partial charge in [-0.2, -0.15) is 0 Å². The normalized spacial score (nSPS) is 31.3. The van der Waals surface area contributed by atoms with E-state index in [1.54, 1.807) is 0 Å². The topological polar surface area (TPSA) is 24.5 Å². The molecule has 1 aliphatic heterocycles. The SMILES string of the molecule is CCC(CNC(C)C)N1CCOC2CCCCC21. The van der Waals surface area contributed by atoms with Gasteiger partial charge in [0.2, 0.25) is 0 Å². The average molecular weight is 254 g/mol. The maximum atomic E-state index is 5.97. The minimum absolute atomic E-state index is 0.514. The van der Waals surface area contributed by atoms with Gasteiger partial charge in [-0.05, 0) is 19.3 Å². The molecule has 1 heterocycles. The molecule has 0 radical (unpaired) electrons. The summed E-state index contributed by atoms with van der Waals surface area (Å²) >= 11 is 0.